The average Bonchev–Trinajstić information content (AvgIpc) is 2.65. The number of hydrogen-bond donors (Lipinski definition) is 1. The fourth-order valence-corrected chi connectivity index (χ4v) is 3.23. The highest BCUT2D eigenvalue weighted by molar-refractivity contribution is 5.50. The van der Waals surface area contributed by atoms with E-state index < -0.39 is 0 Å². The van der Waals surface area contributed by atoms with Gasteiger partial charge in [-0.1, -0.05) is 12.1 Å². The molecule has 1 aromatic carbocycles. The van der Waals surface area contributed by atoms with Crippen LogP contribution in [0.5, 0.6) is 0 Å². The number of aryl methyl sites for hydroxylation is 1. The topological polar surface area (TPSA) is 52.5 Å². The van der Waals surface area contributed by atoms with Crippen molar-refractivity contribution in [2.24, 2.45) is 5.92 Å². The third-order valence-electron chi connectivity index (χ3n) is 4.79. The van der Waals surface area contributed by atoms with Crippen LogP contribution in [-0.4, -0.2) is 41.8 Å². The average molecular weight is 344 g/mol. The zero-order valence-electron chi connectivity index (χ0n) is 14.8. The lowest BCUT2D eigenvalue weighted by Crippen LogP contribution is -2.37. The number of rotatable bonds is 5. The van der Waals surface area contributed by atoms with Crippen LogP contribution in [0.1, 0.15) is 24.0 Å². The molecule has 1 fully saturated rings. The fraction of sp³-hybridized carbons (Fsp3) is 0.474. The van der Waals surface area contributed by atoms with E-state index in [1.165, 1.54) is 0 Å². The third-order valence-corrected chi connectivity index (χ3v) is 4.79. The van der Waals surface area contributed by atoms with Gasteiger partial charge in [0.1, 0.15) is 23.8 Å². The number of aliphatic hydroxyl groups is 1. The van der Waals surface area contributed by atoms with Crippen LogP contribution in [0.2, 0.25) is 0 Å². The van der Waals surface area contributed by atoms with Crippen molar-refractivity contribution in [1.29, 1.82) is 0 Å². The molecule has 1 atom stereocenters. The first kappa shape index (κ1) is 17.6. The number of aromatic nitrogens is 2. The highest BCUT2D eigenvalue weighted by Crippen LogP contribution is 2.24. The van der Waals surface area contributed by atoms with Crippen molar-refractivity contribution in [3.05, 3.63) is 47.5 Å². The van der Waals surface area contributed by atoms with Crippen LogP contribution in [0.15, 0.2) is 30.6 Å². The number of benzene rings is 1. The SMILES string of the molecule is Cc1ccc(CN(C)c2cc(N3CCCC(CO)C3)ncn2)cc1F. The maximum absolute atomic E-state index is 13.7. The zero-order chi connectivity index (χ0) is 17.8. The highest BCUT2D eigenvalue weighted by Gasteiger charge is 2.21. The van der Waals surface area contributed by atoms with Crippen LogP contribution in [-0.2, 0) is 6.54 Å². The Morgan fingerprint density at radius 3 is 2.92 bits per heavy atom. The van der Waals surface area contributed by atoms with Gasteiger partial charge in [-0.2, -0.15) is 0 Å². The second-order valence-corrected chi connectivity index (χ2v) is 6.81. The molecule has 2 heterocycles. The zero-order valence-corrected chi connectivity index (χ0v) is 14.8. The van der Waals surface area contributed by atoms with E-state index in [9.17, 15) is 9.50 Å². The molecule has 1 N–H and O–H groups in total. The predicted octanol–water partition coefficient (Wildman–Crippen LogP) is 2.77. The van der Waals surface area contributed by atoms with Gasteiger partial charge in [0.15, 0.2) is 0 Å². The van der Waals surface area contributed by atoms with E-state index in [0.717, 1.165) is 43.1 Å². The minimum atomic E-state index is -0.183. The van der Waals surface area contributed by atoms with Crippen LogP contribution >= 0.6 is 0 Å². The van der Waals surface area contributed by atoms with E-state index in [-0.39, 0.29) is 12.4 Å². The molecule has 1 saturated heterocycles. The Morgan fingerprint density at radius 1 is 1.32 bits per heavy atom. The molecule has 25 heavy (non-hydrogen) atoms. The van der Waals surface area contributed by atoms with Gasteiger partial charge in [-0.3, -0.25) is 0 Å². The predicted molar refractivity (Wildman–Crippen MR) is 97.3 cm³/mol. The Bertz CT molecular complexity index is 724. The number of nitrogens with zero attached hydrogens (tertiary/aromatic N) is 4. The summed E-state index contributed by atoms with van der Waals surface area (Å²) in [5, 5.41) is 9.41. The standard InChI is InChI=1S/C19H25FN4O/c1-14-5-6-15(8-17(14)20)10-23(2)18-9-19(22-13-21-18)24-7-3-4-16(11-24)12-25/h5-6,8-9,13,16,25H,3-4,7,10-12H2,1-2H3. The summed E-state index contributed by atoms with van der Waals surface area (Å²) in [6, 6.07) is 7.27. The molecule has 0 saturated carbocycles. The first-order chi connectivity index (χ1) is 12.1. The Morgan fingerprint density at radius 2 is 2.16 bits per heavy atom. The number of piperidine rings is 1. The minimum Gasteiger partial charge on any atom is -0.396 e. The lowest BCUT2D eigenvalue weighted by Gasteiger charge is -2.33. The van der Waals surface area contributed by atoms with E-state index in [1.54, 1.807) is 25.4 Å². The largest absolute Gasteiger partial charge is 0.396 e. The van der Waals surface area contributed by atoms with E-state index in [4.69, 9.17) is 0 Å². The van der Waals surface area contributed by atoms with Crippen molar-refractivity contribution in [2.75, 3.05) is 36.5 Å². The molecule has 1 aliphatic heterocycles. The summed E-state index contributed by atoms with van der Waals surface area (Å²) in [5.74, 6) is 1.81. The molecule has 3 rings (SSSR count). The molecule has 0 aliphatic carbocycles. The summed E-state index contributed by atoms with van der Waals surface area (Å²) in [5.41, 5.74) is 1.56. The summed E-state index contributed by atoms with van der Waals surface area (Å²) in [6.45, 7) is 4.32. The quantitative estimate of drug-likeness (QED) is 0.904. The summed E-state index contributed by atoms with van der Waals surface area (Å²) in [7, 11) is 1.94. The van der Waals surface area contributed by atoms with Gasteiger partial charge < -0.3 is 14.9 Å². The van der Waals surface area contributed by atoms with Gasteiger partial charge in [-0.05, 0) is 42.9 Å². The molecule has 0 bridgehead atoms. The smallest absolute Gasteiger partial charge is 0.134 e. The molecule has 1 aromatic heterocycles. The van der Waals surface area contributed by atoms with Gasteiger partial charge in [0.2, 0.25) is 0 Å². The van der Waals surface area contributed by atoms with Gasteiger partial charge in [-0.25, -0.2) is 14.4 Å². The van der Waals surface area contributed by atoms with Crippen LogP contribution < -0.4 is 9.80 Å². The van der Waals surface area contributed by atoms with Crippen molar-refractivity contribution < 1.29 is 9.50 Å². The second-order valence-electron chi connectivity index (χ2n) is 6.81. The van der Waals surface area contributed by atoms with E-state index in [2.05, 4.69) is 14.9 Å². The Balaban J connectivity index is 1.72. The van der Waals surface area contributed by atoms with Crippen LogP contribution in [0, 0.1) is 18.7 Å². The summed E-state index contributed by atoms with van der Waals surface area (Å²) >= 11 is 0. The van der Waals surface area contributed by atoms with E-state index >= 15 is 0 Å². The van der Waals surface area contributed by atoms with E-state index in [0.29, 0.717) is 18.0 Å². The molecule has 2 aromatic rings. The summed E-state index contributed by atoms with van der Waals surface area (Å²) in [6.07, 6.45) is 3.69. The summed E-state index contributed by atoms with van der Waals surface area (Å²) < 4.78 is 13.7. The van der Waals surface area contributed by atoms with Crippen molar-refractivity contribution in [3.63, 3.8) is 0 Å². The Hall–Kier alpha value is -2.21. The van der Waals surface area contributed by atoms with Crippen LogP contribution in [0.4, 0.5) is 16.0 Å². The molecule has 134 valence electrons. The van der Waals surface area contributed by atoms with Crippen molar-refractivity contribution >= 4 is 11.6 Å². The van der Waals surface area contributed by atoms with Crippen molar-refractivity contribution in [2.45, 2.75) is 26.3 Å². The van der Waals surface area contributed by atoms with Gasteiger partial charge in [0, 0.05) is 39.4 Å². The van der Waals surface area contributed by atoms with Crippen molar-refractivity contribution in [3.8, 4) is 0 Å². The van der Waals surface area contributed by atoms with Crippen LogP contribution in [0.3, 0.4) is 0 Å². The highest BCUT2D eigenvalue weighted by atomic mass is 19.1. The number of halogens is 1. The Kier molecular flexibility index (Phi) is 5.48. The molecule has 0 spiro atoms. The number of aliphatic hydroxyl groups excluding tert-OH is 1. The number of anilines is 2. The van der Waals surface area contributed by atoms with Gasteiger partial charge in [-0.15, -0.1) is 0 Å². The lowest BCUT2D eigenvalue weighted by atomic mass is 9.99. The first-order valence-corrected chi connectivity index (χ1v) is 8.71. The third kappa shape index (κ3) is 4.25. The first-order valence-electron chi connectivity index (χ1n) is 8.71. The molecule has 6 heteroatoms. The van der Waals surface area contributed by atoms with Gasteiger partial charge in [0.05, 0.1) is 0 Å². The van der Waals surface area contributed by atoms with Gasteiger partial charge in [0.25, 0.3) is 0 Å². The van der Waals surface area contributed by atoms with Crippen molar-refractivity contribution in [1.82, 2.24) is 9.97 Å². The number of hydrogen-bond acceptors (Lipinski definition) is 5. The lowest BCUT2D eigenvalue weighted by molar-refractivity contribution is 0.208. The maximum atomic E-state index is 13.7. The molecular formula is C19H25FN4O. The van der Waals surface area contributed by atoms with E-state index in [1.807, 2.05) is 24.1 Å². The minimum absolute atomic E-state index is 0.183. The maximum Gasteiger partial charge on any atom is 0.134 e. The normalized spacial score (nSPS) is 17.6. The molecular weight excluding hydrogens is 319 g/mol. The molecule has 1 aliphatic rings. The molecule has 1 unspecified atom stereocenters. The molecule has 5 nitrogen and oxygen atoms in total. The fourth-order valence-electron chi connectivity index (χ4n) is 3.23. The Labute approximate surface area is 148 Å². The summed E-state index contributed by atoms with van der Waals surface area (Å²) in [4.78, 5) is 12.9. The molecule has 0 amide bonds. The molecule has 0 radical (unpaired) electrons. The second kappa shape index (κ2) is 7.78. The van der Waals surface area contributed by atoms with Gasteiger partial charge >= 0.3 is 0 Å². The monoisotopic (exact) mass is 344 g/mol. The van der Waals surface area contributed by atoms with Crippen LogP contribution in [0.25, 0.3) is 0 Å².